The van der Waals surface area contributed by atoms with Crippen molar-refractivity contribution in [2.45, 2.75) is 52.1 Å². The lowest BCUT2D eigenvalue weighted by molar-refractivity contribution is 0.403. The van der Waals surface area contributed by atoms with Crippen molar-refractivity contribution < 1.29 is 4.42 Å². The Balaban J connectivity index is 2.04. The predicted molar refractivity (Wildman–Crippen MR) is 83.8 cm³/mol. The van der Waals surface area contributed by atoms with Gasteiger partial charge in [0.1, 0.15) is 5.76 Å². The molecule has 0 aliphatic rings. The third-order valence-corrected chi connectivity index (χ3v) is 3.75. The maximum Gasteiger partial charge on any atom is 0.120 e. The highest BCUT2D eigenvalue weighted by Gasteiger charge is 2.16. The molecule has 0 fully saturated rings. The van der Waals surface area contributed by atoms with E-state index in [4.69, 9.17) is 4.42 Å². The Hall–Kier alpha value is -1.54. The largest absolute Gasteiger partial charge is 0.468 e. The molecule has 2 heteroatoms. The van der Waals surface area contributed by atoms with Crippen LogP contribution in [0.2, 0.25) is 0 Å². The molecule has 2 rings (SSSR count). The van der Waals surface area contributed by atoms with Gasteiger partial charge in [-0.2, -0.15) is 0 Å². The van der Waals surface area contributed by atoms with Crippen LogP contribution in [0.25, 0.3) is 0 Å². The van der Waals surface area contributed by atoms with Crippen molar-refractivity contribution in [1.29, 1.82) is 0 Å². The molecule has 0 radical (unpaired) electrons. The molecule has 0 bridgehead atoms. The van der Waals surface area contributed by atoms with E-state index in [0.717, 1.165) is 5.76 Å². The zero-order valence-electron chi connectivity index (χ0n) is 13.1. The van der Waals surface area contributed by atoms with Crippen molar-refractivity contribution >= 4 is 0 Å². The van der Waals surface area contributed by atoms with E-state index < -0.39 is 0 Å². The smallest absolute Gasteiger partial charge is 0.120 e. The second kappa shape index (κ2) is 5.84. The molecule has 0 spiro atoms. The van der Waals surface area contributed by atoms with Gasteiger partial charge >= 0.3 is 0 Å². The minimum atomic E-state index is 0.205. The van der Waals surface area contributed by atoms with Crippen LogP contribution in [0.4, 0.5) is 0 Å². The molecule has 2 aromatic rings. The second-order valence-electron chi connectivity index (χ2n) is 6.50. The quantitative estimate of drug-likeness (QED) is 0.847. The van der Waals surface area contributed by atoms with E-state index in [2.05, 4.69) is 64.2 Å². The summed E-state index contributed by atoms with van der Waals surface area (Å²) in [7, 11) is 0. The van der Waals surface area contributed by atoms with Crippen LogP contribution in [0.15, 0.2) is 47.1 Å². The Kier molecular flexibility index (Phi) is 4.34. The van der Waals surface area contributed by atoms with Gasteiger partial charge in [-0.1, -0.05) is 45.0 Å². The van der Waals surface area contributed by atoms with Crippen LogP contribution in [-0.2, 0) is 5.41 Å². The molecule has 0 amide bonds. The number of rotatable bonds is 4. The molecule has 1 N–H and O–H groups in total. The first-order chi connectivity index (χ1) is 9.38. The normalized spacial score (nSPS) is 15.1. The van der Waals surface area contributed by atoms with Crippen molar-refractivity contribution in [3.63, 3.8) is 0 Å². The third kappa shape index (κ3) is 3.51. The number of furan rings is 1. The van der Waals surface area contributed by atoms with Gasteiger partial charge in [0.25, 0.3) is 0 Å². The van der Waals surface area contributed by atoms with Crippen LogP contribution in [0.5, 0.6) is 0 Å². The second-order valence-corrected chi connectivity index (χ2v) is 6.50. The number of nitrogens with one attached hydrogen (secondary N) is 1. The number of hydrogen-bond acceptors (Lipinski definition) is 2. The first kappa shape index (κ1) is 14.9. The van der Waals surface area contributed by atoms with Crippen molar-refractivity contribution in [2.24, 2.45) is 0 Å². The fourth-order valence-corrected chi connectivity index (χ4v) is 2.36. The van der Waals surface area contributed by atoms with E-state index in [1.165, 1.54) is 11.1 Å². The first-order valence-corrected chi connectivity index (χ1v) is 7.28. The molecular formula is C18H25NO. The summed E-state index contributed by atoms with van der Waals surface area (Å²) in [6, 6.07) is 13.3. The van der Waals surface area contributed by atoms with Gasteiger partial charge in [-0.05, 0) is 42.5 Å². The Morgan fingerprint density at radius 1 is 0.950 bits per heavy atom. The lowest BCUT2D eigenvalue weighted by atomic mass is 9.86. The average Bonchev–Trinajstić information content (AvgIpc) is 2.91. The predicted octanol–water partition coefficient (Wildman–Crippen LogP) is 4.99. The molecular weight excluding hydrogens is 246 g/mol. The highest BCUT2D eigenvalue weighted by molar-refractivity contribution is 5.29. The van der Waals surface area contributed by atoms with Gasteiger partial charge in [0.15, 0.2) is 0 Å². The Morgan fingerprint density at radius 3 is 2.10 bits per heavy atom. The van der Waals surface area contributed by atoms with Gasteiger partial charge in [0.2, 0.25) is 0 Å². The van der Waals surface area contributed by atoms with Gasteiger partial charge in [-0.3, -0.25) is 0 Å². The zero-order chi connectivity index (χ0) is 14.8. The number of hydrogen-bond donors (Lipinski definition) is 1. The van der Waals surface area contributed by atoms with E-state index >= 15 is 0 Å². The molecule has 1 heterocycles. The van der Waals surface area contributed by atoms with Gasteiger partial charge in [-0.15, -0.1) is 0 Å². The lowest BCUT2D eigenvalue weighted by Gasteiger charge is -2.22. The summed E-state index contributed by atoms with van der Waals surface area (Å²) in [4.78, 5) is 0. The molecule has 1 aromatic carbocycles. The summed E-state index contributed by atoms with van der Waals surface area (Å²) in [6.07, 6.45) is 1.72. The highest BCUT2D eigenvalue weighted by atomic mass is 16.3. The van der Waals surface area contributed by atoms with E-state index in [-0.39, 0.29) is 11.5 Å². The summed E-state index contributed by atoms with van der Waals surface area (Å²) in [5, 5.41) is 3.56. The Labute approximate surface area is 122 Å². The minimum absolute atomic E-state index is 0.205. The van der Waals surface area contributed by atoms with E-state index in [0.29, 0.717) is 6.04 Å². The van der Waals surface area contributed by atoms with E-state index in [1.807, 2.05) is 12.1 Å². The highest BCUT2D eigenvalue weighted by Crippen LogP contribution is 2.25. The summed E-state index contributed by atoms with van der Waals surface area (Å²) >= 11 is 0. The fraction of sp³-hybridized carbons (Fsp3) is 0.444. The van der Waals surface area contributed by atoms with Crippen molar-refractivity contribution in [2.75, 3.05) is 0 Å². The average molecular weight is 271 g/mol. The third-order valence-electron chi connectivity index (χ3n) is 3.75. The maximum absolute atomic E-state index is 5.43. The van der Waals surface area contributed by atoms with Crippen LogP contribution >= 0.6 is 0 Å². The summed E-state index contributed by atoms with van der Waals surface area (Å²) in [5.74, 6) is 0.975. The molecule has 20 heavy (non-hydrogen) atoms. The molecule has 2 atom stereocenters. The topological polar surface area (TPSA) is 25.2 Å². The molecule has 1 aromatic heterocycles. The van der Waals surface area contributed by atoms with Crippen LogP contribution in [0, 0.1) is 0 Å². The van der Waals surface area contributed by atoms with Crippen LogP contribution in [0.1, 0.15) is 63.6 Å². The molecule has 2 unspecified atom stereocenters. The van der Waals surface area contributed by atoms with E-state index in [1.54, 1.807) is 6.26 Å². The Morgan fingerprint density at radius 2 is 1.60 bits per heavy atom. The monoisotopic (exact) mass is 271 g/mol. The van der Waals surface area contributed by atoms with Crippen molar-refractivity contribution in [3.05, 3.63) is 59.5 Å². The van der Waals surface area contributed by atoms with Crippen LogP contribution < -0.4 is 5.32 Å². The van der Waals surface area contributed by atoms with Gasteiger partial charge in [0.05, 0.1) is 12.3 Å². The molecule has 108 valence electrons. The standard InChI is InChI=1S/C18H25NO/c1-13(19-14(2)17-7-6-12-20-17)15-8-10-16(11-9-15)18(3,4)5/h6-14,19H,1-5H3. The van der Waals surface area contributed by atoms with Crippen molar-refractivity contribution in [3.8, 4) is 0 Å². The molecule has 2 nitrogen and oxygen atoms in total. The molecule has 0 saturated carbocycles. The zero-order valence-corrected chi connectivity index (χ0v) is 13.1. The van der Waals surface area contributed by atoms with Gasteiger partial charge in [0, 0.05) is 6.04 Å². The van der Waals surface area contributed by atoms with Crippen LogP contribution in [0.3, 0.4) is 0 Å². The van der Waals surface area contributed by atoms with Gasteiger partial charge in [-0.25, -0.2) is 0 Å². The van der Waals surface area contributed by atoms with E-state index in [9.17, 15) is 0 Å². The summed E-state index contributed by atoms with van der Waals surface area (Å²) in [5.41, 5.74) is 2.88. The summed E-state index contributed by atoms with van der Waals surface area (Å²) in [6.45, 7) is 11.0. The maximum atomic E-state index is 5.43. The van der Waals surface area contributed by atoms with Crippen LogP contribution in [-0.4, -0.2) is 0 Å². The molecule has 0 aliphatic carbocycles. The fourth-order valence-electron chi connectivity index (χ4n) is 2.36. The Bertz CT molecular complexity index is 520. The summed E-state index contributed by atoms with van der Waals surface area (Å²) < 4.78 is 5.43. The first-order valence-electron chi connectivity index (χ1n) is 7.28. The number of benzene rings is 1. The van der Waals surface area contributed by atoms with Gasteiger partial charge < -0.3 is 9.73 Å². The minimum Gasteiger partial charge on any atom is -0.468 e. The van der Waals surface area contributed by atoms with Crippen molar-refractivity contribution in [1.82, 2.24) is 5.32 Å². The lowest BCUT2D eigenvalue weighted by Crippen LogP contribution is -2.22. The molecule has 0 aliphatic heterocycles. The molecule has 0 saturated heterocycles. The SMILES string of the molecule is CC(NC(C)c1ccco1)c1ccc(C(C)(C)C)cc1.